The summed E-state index contributed by atoms with van der Waals surface area (Å²) in [6.07, 6.45) is 3.94. The van der Waals surface area contributed by atoms with Crippen LogP contribution in [0.5, 0.6) is 0 Å². The van der Waals surface area contributed by atoms with Gasteiger partial charge in [-0.15, -0.1) is 0 Å². The zero-order valence-corrected chi connectivity index (χ0v) is 12.7. The highest BCUT2D eigenvalue weighted by Crippen LogP contribution is 2.28. The Kier molecular flexibility index (Phi) is 4.16. The van der Waals surface area contributed by atoms with Gasteiger partial charge in [-0.1, -0.05) is 18.2 Å². The largest absolute Gasteiger partial charge is 0.350 e. The van der Waals surface area contributed by atoms with Gasteiger partial charge in [-0.3, -0.25) is 19.5 Å². The van der Waals surface area contributed by atoms with Gasteiger partial charge < -0.3 is 4.57 Å². The van der Waals surface area contributed by atoms with Gasteiger partial charge in [-0.2, -0.15) is 8.42 Å². The van der Waals surface area contributed by atoms with E-state index in [1.807, 2.05) is 42.1 Å². The van der Waals surface area contributed by atoms with Crippen LogP contribution in [-0.2, 0) is 26.8 Å². The van der Waals surface area contributed by atoms with Crippen molar-refractivity contribution in [3.63, 3.8) is 0 Å². The van der Waals surface area contributed by atoms with Crippen LogP contribution in [0.4, 0.5) is 0 Å². The lowest BCUT2D eigenvalue weighted by Crippen LogP contribution is -2.21. The van der Waals surface area contributed by atoms with Gasteiger partial charge in [-0.05, 0) is 6.07 Å². The standard InChI is InChI=1S/C13H10N2O2.CH4O3S/c1-15-7-10(8-4-2-3-5-11(8)15)9-6-12(16)14-13(9)17;1-5(2,3)4/h2-7H,1H3,(H,14,16,17);1H3,(H,2,3,4). The van der Waals surface area contributed by atoms with Crippen LogP contribution < -0.4 is 5.32 Å². The molecule has 1 aromatic heterocycles. The van der Waals surface area contributed by atoms with Gasteiger partial charge in [0.2, 0.25) is 0 Å². The number of fused-ring (bicyclic) bond motifs is 1. The summed E-state index contributed by atoms with van der Waals surface area (Å²) in [5.74, 6) is -0.677. The Morgan fingerprint density at radius 3 is 2.32 bits per heavy atom. The number of nitrogens with one attached hydrogen (secondary N) is 1. The van der Waals surface area contributed by atoms with Crippen LogP contribution in [-0.4, -0.2) is 35.6 Å². The number of imide groups is 1. The molecule has 0 aliphatic carbocycles. The van der Waals surface area contributed by atoms with E-state index in [0.29, 0.717) is 11.8 Å². The van der Waals surface area contributed by atoms with Crippen molar-refractivity contribution in [1.82, 2.24) is 9.88 Å². The first kappa shape index (κ1) is 15.9. The number of carbonyl (C=O) groups excluding carboxylic acids is 2. The Hall–Kier alpha value is -2.45. The van der Waals surface area contributed by atoms with Crippen molar-refractivity contribution < 1.29 is 22.6 Å². The lowest BCUT2D eigenvalue weighted by molar-refractivity contribution is -0.123. The summed E-state index contributed by atoms with van der Waals surface area (Å²) in [5.41, 5.74) is 2.27. The molecule has 0 bridgehead atoms. The minimum absolute atomic E-state index is 0.327. The molecular weight excluding hydrogens is 308 g/mol. The van der Waals surface area contributed by atoms with E-state index in [4.69, 9.17) is 4.55 Å². The number of amides is 2. The fourth-order valence-electron chi connectivity index (χ4n) is 2.17. The van der Waals surface area contributed by atoms with Crippen LogP contribution in [0.15, 0.2) is 36.5 Å². The second-order valence-electron chi connectivity index (χ2n) is 4.78. The summed E-state index contributed by atoms with van der Waals surface area (Å²) in [6, 6.07) is 7.79. The van der Waals surface area contributed by atoms with E-state index in [9.17, 15) is 18.0 Å². The maximum Gasteiger partial charge on any atom is 0.261 e. The number of hydrogen-bond acceptors (Lipinski definition) is 4. The topological polar surface area (TPSA) is 105 Å². The van der Waals surface area contributed by atoms with E-state index in [0.717, 1.165) is 16.5 Å². The van der Waals surface area contributed by atoms with E-state index in [1.54, 1.807) is 0 Å². The maximum absolute atomic E-state index is 11.6. The van der Waals surface area contributed by atoms with Gasteiger partial charge >= 0.3 is 0 Å². The molecule has 0 fully saturated rings. The number of rotatable bonds is 1. The molecule has 0 spiro atoms. The van der Waals surface area contributed by atoms with Crippen molar-refractivity contribution >= 4 is 38.4 Å². The van der Waals surface area contributed by atoms with E-state index in [-0.39, 0.29) is 11.8 Å². The number of aryl methyl sites for hydroxylation is 1. The fourth-order valence-corrected chi connectivity index (χ4v) is 2.17. The predicted octanol–water partition coefficient (Wildman–Crippen LogP) is 0.722. The van der Waals surface area contributed by atoms with Crippen molar-refractivity contribution in [3.8, 4) is 0 Å². The lowest BCUT2D eigenvalue weighted by atomic mass is 10.1. The number of benzene rings is 1. The summed E-state index contributed by atoms with van der Waals surface area (Å²) in [6.45, 7) is 0. The van der Waals surface area contributed by atoms with E-state index in [1.165, 1.54) is 6.08 Å². The molecular formula is C14H14N2O5S. The smallest absolute Gasteiger partial charge is 0.261 e. The van der Waals surface area contributed by atoms with E-state index >= 15 is 0 Å². The van der Waals surface area contributed by atoms with Crippen molar-refractivity contribution in [2.75, 3.05) is 6.26 Å². The number of carbonyl (C=O) groups is 2. The molecule has 0 unspecified atom stereocenters. The third-order valence-corrected chi connectivity index (χ3v) is 2.94. The molecule has 2 N–H and O–H groups in total. The van der Waals surface area contributed by atoms with Crippen LogP contribution in [0.3, 0.4) is 0 Å². The van der Waals surface area contributed by atoms with Gasteiger partial charge in [0.05, 0.1) is 11.8 Å². The van der Waals surface area contributed by atoms with Gasteiger partial charge in [0.25, 0.3) is 21.9 Å². The van der Waals surface area contributed by atoms with Gasteiger partial charge in [0.1, 0.15) is 0 Å². The minimum Gasteiger partial charge on any atom is -0.350 e. The molecule has 1 aliphatic rings. The monoisotopic (exact) mass is 322 g/mol. The molecule has 22 heavy (non-hydrogen) atoms. The molecule has 0 atom stereocenters. The van der Waals surface area contributed by atoms with Gasteiger partial charge in [-0.25, -0.2) is 0 Å². The summed E-state index contributed by atoms with van der Waals surface area (Å²) in [7, 11) is -1.75. The normalized spacial score (nSPS) is 14.4. The highest BCUT2D eigenvalue weighted by molar-refractivity contribution is 7.85. The molecule has 2 heterocycles. The highest BCUT2D eigenvalue weighted by Gasteiger charge is 2.24. The quantitative estimate of drug-likeness (QED) is 0.594. The SMILES string of the molecule is CS(=O)(=O)O.Cn1cc(C2=CC(=O)NC2=O)c2ccccc21. The third kappa shape index (κ3) is 3.60. The Balaban J connectivity index is 0.000000309. The fraction of sp³-hybridized carbons (Fsp3) is 0.143. The van der Waals surface area contributed by atoms with E-state index in [2.05, 4.69) is 5.32 Å². The summed E-state index contributed by atoms with van der Waals surface area (Å²) in [4.78, 5) is 22.8. The third-order valence-electron chi connectivity index (χ3n) is 2.94. The average molecular weight is 322 g/mol. The molecule has 0 radical (unpaired) electrons. The minimum atomic E-state index is -3.67. The second kappa shape index (κ2) is 5.74. The highest BCUT2D eigenvalue weighted by atomic mass is 32.2. The van der Waals surface area contributed by atoms with Crippen LogP contribution in [0.1, 0.15) is 5.56 Å². The van der Waals surface area contributed by atoms with Crippen molar-refractivity contribution in [1.29, 1.82) is 0 Å². The molecule has 0 saturated heterocycles. The number of para-hydroxylation sites is 1. The molecule has 0 saturated carbocycles. The Morgan fingerprint density at radius 2 is 1.77 bits per heavy atom. The Labute approximate surface area is 127 Å². The first-order valence-corrected chi connectivity index (χ1v) is 8.05. The van der Waals surface area contributed by atoms with E-state index < -0.39 is 10.1 Å². The molecule has 7 nitrogen and oxygen atoms in total. The summed E-state index contributed by atoms with van der Waals surface area (Å²) < 4.78 is 27.8. The van der Waals surface area contributed by atoms with Crippen molar-refractivity contribution in [2.45, 2.75) is 0 Å². The molecule has 1 aliphatic heterocycles. The average Bonchev–Trinajstić information content (AvgIpc) is 2.88. The maximum atomic E-state index is 11.6. The summed E-state index contributed by atoms with van der Waals surface area (Å²) >= 11 is 0. The van der Waals surface area contributed by atoms with Crippen LogP contribution in [0.25, 0.3) is 16.5 Å². The van der Waals surface area contributed by atoms with Gasteiger partial charge in [0, 0.05) is 35.8 Å². The summed E-state index contributed by atoms with van der Waals surface area (Å²) in [5, 5.41) is 3.24. The Bertz CT molecular complexity index is 885. The first-order chi connectivity index (χ1) is 10.2. The first-order valence-electron chi connectivity index (χ1n) is 6.20. The number of nitrogens with zero attached hydrogens (tertiary/aromatic N) is 1. The lowest BCUT2D eigenvalue weighted by Gasteiger charge is -1.97. The van der Waals surface area contributed by atoms with Crippen LogP contribution in [0.2, 0.25) is 0 Å². The zero-order valence-electron chi connectivity index (χ0n) is 11.9. The molecule has 2 amide bonds. The van der Waals surface area contributed by atoms with Gasteiger partial charge in [0.15, 0.2) is 0 Å². The van der Waals surface area contributed by atoms with Crippen molar-refractivity contribution in [3.05, 3.63) is 42.1 Å². The number of aromatic nitrogens is 1. The van der Waals surface area contributed by atoms with Crippen molar-refractivity contribution in [2.24, 2.45) is 7.05 Å². The molecule has 2 aromatic rings. The van der Waals surface area contributed by atoms with Crippen LogP contribution >= 0.6 is 0 Å². The van der Waals surface area contributed by atoms with Crippen LogP contribution in [0, 0.1) is 0 Å². The Morgan fingerprint density at radius 1 is 1.18 bits per heavy atom. The molecule has 3 rings (SSSR count). The number of hydrogen-bond donors (Lipinski definition) is 2. The molecule has 1 aromatic carbocycles. The predicted molar refractivity (Wildman–Crippen MR) is 81.5 cm³/mol. The molecule has 8 heteroatoms. The second-order valence-corrected chi connectivity index (χ2v) is 6.25. The zero-order chi connectivity index (χ0) is 16.5. The molecule has 116 valence electrons.